The Bertz CT molecular complexity index is 755. The van der Waals surface area contributed by atoms with Crippen molar-refractivity contribution >= 4 is 18.6 Å². The number of halogens is 5. The van der Waals surface area contributed by atoms with Crippen LogP contribution >= 0.6 is 12.6 Å². The van der Waals surface area contributed by atoms with E-state index in [9.17, 15) is 22.4 Å². The summed E-state index contributed by atoms with van der Waals surface area (Å²) in [6, 6.07) is 6.53. The molecule has 5 unspecified atom stereocenters. The van der Waals surface area contributed by atoms with E-state index in [2.05, 4.69) is 12.6 Å². The van der Waals surface area contributed by atoms with E-state index >= 15 is 4.39 Å². The van der Waals surface area contributed by atoms with E-state index in [0.717, 1.165) is 0 Å². The molecular weight excluding hydrogens is 435 g/mol. The number of esters is 1. The fourth-order valence-electron chi connectivity index (χ4n) is 4.64. The van der Waals surface area contributed by atoms with Crippen LogP contribution in [0.1, 0.15) is 51.9 Å². The van der Waals surface area contributed by atoms with Crippen molar-refractivity contribution in [2.24, 2.45) is 11.8 Å². The number of hydrogen-bond acceptors (Lipinski definition) is 3. The molecule has 2 fully saturated rings. The number of ether oxygens (including phenoxy) is 1. The lowest BCUT2D eigenvalue weighted by Gasteiger charge is -2.48. The monoisotopic (exact) mass is 463 g/mol. The van der Waals surface area contributed by atoms with Gasteiger partial charge in [0.2, 0.25) is 0 Å². The zero-order chi connectivity index (χ0) is 22.8. The third-order valence-corrected chi connectivity index (χ3v) is 6.95. The third kappa shape index (κ3) is 4.88. The zero-order valence-corrected chi connectivity index (χ0v) is 18.3. The summed E-state index contributed by atoms with van der Waals surface area (Å²) in [7, 11) is 0. The summed E-state index contributed by atoms with van der Waals surface area (Å²) >= 11 is 4.15. The van der Waals surface area contributed by atoms with Gasteiger partial charge in [-0.15, -0.1) is 12.6 Å². The van der Waals surface area contributed by atoms with E-state index in [4.69, 9.17) is 4.74 Å². The van der Waals surface area contributed by atoms with Crippen molar-refractivity contribution in [1.82, 2.24) is 0 Å². The van der Waals surface area contributed by atoms with Crippen LogP contribution in [0.3, 0.4) is 0 Å². The number of alkyl halides is 5. The number of hydrogen-bond donors (Lipinski definition) is 1. The van der Waals surface area contributed by atoms with Crippen molar-refractivity contribution in [1.29, 1.82) is 0 Å². The van der Waals surface area contributed by atoms with Crippen LogP contribution in [0.25, 0.3) is 0 Å². The summed E-state index contributed by atoms with van der Waals surface area (Å²) in [4.78, 5) is 13.1. The van der Waals surface area contributed by atoms with Crippen molar-refractivity contribution in [3.8, 4) is 5.75 Å². The molecule has 0 amide bonds. The Kier molecular flexibility index (Phi) is 7.59. The van der Waals surface area contributed by atoms with E-state index in [1.165, 1.54) is 0 Å². The summed E-state index contributed by atoms with van der Waals surface area (Å²) < 4.78 is 79.6. The van der Waals surface area contributed by atoms with Gasteiger partial charge in [-0.3, -0.25) is 4.79 Å². The maximum Gasteiger partial charge on any atom is 0.314 e. The predicted octanol–water partition coefficient (Wildman–Crippen LogP) is 6.53. The van der Waals surface area contributed by atoms with Gasteiger partial charge < -0.3 is 4.74 Å². The molecule has 1 aromatic rings. The Hall–Kier alpha value is -1.31. The van der Waals surface area contributed by atoms with Crippen LogP contribution in [0.5, 0.6) is 5.75 Å². The molecule has 2 aliphatic rings. The van der Waals surface area contributed by atoms with Gasteiger partial charge in [0.05, 0.1) is 5.92 Å². The Labute approximate surface area is 185 Å². The minimum atomic E-state index is -3.05. The highest BCUT2D eigenvalue weighted by Gasteiger charge is 2.66. The maximum absolute atomic E-state index is 15.5. The molecule has 0 saturated heterocycles. The molecule has 31 heavy (non-hydrogen) atoms. The summed E-state index contributed by atoms with van der Waals surface area (Å²) in [6.45, 7) is 1.72. The number of benzene rings is 1. The van der Waals surface area contributed by atoms with E-state index in [1.807, 2.05) is 0 Å². The molecule has 2 aliphatic carbocycles. The van der Waals surface area contributed by atoms with Gasteiger partial charge in [0, 0.05) is 11.3 Å². The first-order valence-corrected chi connectivity index (χ1v) is 11.2. The molecule has 1 radical (unpaired) electrons. The molecule has 5 atom stereocenters. The molecule has 0 N–H and O–H groups in total. The highest BCUT2D eigenvalue weighted by Crippen LogP contribution is 2.52. The molecule has 1 aromatic carbocycles. The lowest BCUT2D eigenvalue weighted by atomic mass is 9.63. The van der Waals surface area contributed by atoms with Gasteiger partial charge in [-0.2, -0.15) is 0 Å². The van der Waals surface area contributed by atoms with E-state index in [-0.39, 0.29) is 32.1 Å². The van der Waals surface area contributed by atoms with Gasteiger partial charge >= 0.3 is 5.97 Å². The van der Waals surface area contributed by atoms with Crippen molar-refractivity contribution < 1.29 is 31.5 Å². The van der Waals surface area contributed by atoms with Gasteiger partial charge in [-0.05, 0) is 62.3 Å². The number of carbonyl (C=O) groups excluding carboxylic acids is 1. The average molecular weight is 464 g/mol. The van der Waals surface area contributed by atoms with Crippen molar-refractivity contribution in [3.05, 3.63) is 30.7 Å². The number of unbranched alkanes of at least 4 members (excludes halogenated alkanes) is 1. The van der Waals surface area contributed by atoms with Crippen LogP contribution in [-0.2, 0) is 4.79 Å². The number of rotatable bonds is 6. The molecule has 0 bridgehead atoms. The molecule has 0 aromatic heterocycles. The highest BCUT2D eigenvalue weighted by atomic mass is 32.1. The Morgan fingerprint density at radius 1 is 1.06 bits per heavy atom. The SMILES string of the molecule is CCCCC1(F)C(F)[CH]C(F)([C@H]2CC[C@H](C(=O)Oc3ccc(S)cc3)CC2)C(F)C1F. The van der Waals surface area contributed by atoms with Crippen LogP contribution in [0.15, 0.2) is 29.2 Å². The van der Waals surface area contributed by atoms with Gasteiger partial charge in [0.15, 0.2) is 23.7 Å². The molecule has 173 valence electrons. The lowest BCUT2D eigenvalue weighted by molar-refractivity contribution is -0.150. The van der Waals surface area contributed by atoms with Crippen LogP contribution in [0.2, 0.25) is 0 Å². The fourth-order valence-corrected chi connectivity index (χ4v) is 4.79. The third-order valence-electron chi connectivity index (χ3n) is 6.65. The number of thiol groups is 1. The lowest BCUT2D eigenvalue weighted by Crippen LogP contribution is -2.64. The van der Waals surface area contributed by atoms with Crippen LogP contribution < -0.4 is 4.74 Å². The first-order valence-electron chi connectivity index (χ1n) is 10.8. The summed E-state index contributed by atoms with van der Waals surface area (Å²) in [5.74, 6) is -1.69. The molecular formula is C23H28F5O2S. The van der Waals surface area contributed by atoms with E-state index in [1.54, 1.807) is 31.2 Å². The van der Waals surface area contributed by atoms with Gasteiger partial charge in [-0.1, -0.05) is 19.8 Å². The largest absolute Gasteiger partial charge is 0.426 e. The number of carbonyl (C=O) groups is 1. The zero-order valence-electron chi connectivity index (χ0n) is 17.4. The van der Waals surface area contributed by atoms with Crippen molar-refractivity contribution in [2.45, 2.75) is 86.6 Å². The second-order valence-corrected chi connectivity index (χ2v) is 9.21. The van der Waals surface area contributed by atoms with Crippen LogP contribution in [0, 0.1) is 18.3 Å². The minimum absolute atomic E-state index is 0.0520. The van der Waals surface area contributed by atoms with Crippen LogP contribution in [-0.4, -0.2) is 35.8 Å². The Morgan fingerprint density at radius 2 is 1.68 bits per heavy atom. The smallest absolute Gasteiger partial charge is 0.314 e. The molecule has 0 spiro atoms. The van der Waals surface area contributed by atoms with E-state index < -0.39 is 54.1 Å². The molecule has 2 saturated carbocycles. The van der Waals surface area contributed by atoms with E-state index in [0.29, 0.717) is 23.5 Å². The first-order chi connectivity index (χ1) is 14.6. The van der Waals surface area contributed by atoms with Crippen molar-refractivity contribution in [3.63, 3.8) is 0 Å². The van der Waals surface area contributed by atoms with Gasteiger partial charge in [-0.25, -0.2) is 22.0 Å². The van der Waals surface area contributed by atoms with Crippen molar-refractivity contribution in [2.75, 3.05) is 0 Å². The van der Waals surface area contributed by atoms with Crippen LogP contribution in [0.4, 0.5) is 22.0 Å². The highest BCUT2D eigenvalue weighted by molar-refractivity contribution is 7.80. The van der Waals surface area contributed by atoms with Gasteiger partial charge in [0.25, 0.3) is 0 Å². The normalized spacial score (nSPS) is 38.6. The standard InChI is InChI=1S/C23H28F5O2S/c1-2-3-12-22(27)18(24)13-23(28,20(26)19(22)25)15-6-4-14(5-7-15)21(29)30-16-8-10-17(31)11-9-16/h8-11,13-15,18-20,31H,2-7,12H2,1H3/t14-,15-,18?,19?,20?,22?,23?. The summed E-state index contributed by atoms with van der Waals surface area (Å²) in [5, 5.41) is 0. The molecule has 8 heteroatoms. The second-order valence-electron chi connectivity index (χ2n) is 8.69. The molecule has 0 heterocycles. The summed E-state index contributed by atoms with van der Waals surface area (Å²) in [6.07, 6.45) is -7.11. The Morgan fingerprint density at radius 3 is 2.26 bits per heavy atom. The second kappa shape index (κ2) is 9.67. The predicted molar refractivity (Wildman–Crippen MR) is 111 cm³/mol. The topological polar surface area (TPSA) is 26.3 Å². The minimum Gasteiger partial charge on any atom is -0.426 e. The molecule has 0 aliphatic heterocycles. The quantitative estimate of drug-likeness (QED) is 0.225. The summed E-state index contributed by atoms with van der Waals surface area (Å²) in [5.41, 5.74) is -5.95. The van der Waals surface area contributed by atoms with Gasteiger partial charge in [0.1, 0.15) is 11.9 Å². The maximum atomic E-state index is 15.5. The average Bonchev–Trinajstić information content (AvgIpc) is 2.77. The molecule has 3 rings (SSSR count). The fraction of sp³-hybridized carbons (Fsp3) is 0.652. The Balaban J connectivity index is 1.61. The molecule has 2 nitrogen and oxygen atoms in total. The first kappa shape index (κ1) is 24.3.